The molecular formula is C13H16BrN3. The van der Waals surface area contributed by atoms with Crippen molar-refractivity contribution in [2.75, 3.05) is 0 Å². The quantitative estimate of drug-likeness (QED) is 0.870. The third kappa shape index (κ3) is 2.57. The zero-order chi connectivity index (χ0) is 12.4. The first-order valence-corrected chi connectivity index (χ1v) is 6.53. The highest BCUT2D eigenvalue weighted by Crippen LogP contribution is 2.16. The lowest BCUT2D eigenvalue weighted by atomic mass is 10.1. The Kier molecular flexibility index (Phi) is 3.62. The SMILES string of the molecule is CCc1c(C)nn(Cc2cncc(Br)c2)c1C. The Bertz CT molecular complexity index is 531. The summed E-state index contributed by atoms with van der Waals surface area (Å²) in [5, 5.41) is 4.58. The van der Waals surface area contributed by atoms with Crippen molar-refractivity contribution in [3.8, 4) is 0 Å². The van der Waals surface area contributed by atoms with E-state index in [1.165, 1.54) is 11.3 Å². The van der Waals surface area contributed by atoms with E-state index in [0.717, 1.165) is 28.7 Å². The van der Waals surface area contributed by atoms with E-state index < -0.39 is 0 Å². The minimum Gasteiger partial charge on any atom is -0.265 e. The lowest BCUT2D eigenvalue weighted by Gasteiger charge is -2.05. The first-order chi connectivity index (χ1) is 8.11. The molecule has 0 aromatic carbocycles. The normalized spacial score (nSPS) is 10.8. The molecule has 0 amide bonds. The highest BCUT2D eigenvalue weighted by molar-refractivity contribution is 9.10. The fourth-order valence-electron chi connectivity index (χ4n) is 2.11. The van der Waals surface area contributed by atoms with Crippen LogP contribution in [0.15, 0.2) is 22.9 Å². The molecule has 17 heavy (non-hydrogen) atoms. The van der Waals surface area contributed by atoms with Gasteiger partial charge in [0.15, 0.2) is 0 Å². The van der Waals surface area contributed by atoms with Crippen LogP contribution in [0.25, 0.3) is 0 Å². The second-order valence-corrected chi connectivity index (χ2v) is 5.09. The van der Waals surface area contributed by atoms with Crippen LogP contribution in [-0.4, -0.2) is 14.8 Å². The van der Waals surface area contributed by atoms with Crippen LogP contribution in [0.3, 0.4) is 0 Å². The Hall–Kier alpha value is -1.16. The smallest absolute Gasteiger partial charge is 0.0678 e. The molecule has 2 aromatic heterocycles. The number of nitrogens with zero attached hydrogens (tertiary/aromatic N) is 3. The number of aromatic nitrogens is 3. The standard InChI is InChI=1S/C13H16BrN3/c1-4-13-9(2)16-17(10(13)3)8-11-5-12(14)7-15-6-11/h5-7H,4,8H2,1-3H3. The molecule has 0 bridgehead atoms. The lowest BCUT2D eigenvalue weighted by Crippen LogP contribution is -2.04. The Labute approximate surface area is 110 Å². The second-order valence-electron chi connectivity index (χ2n) is 4.17. The van der Waals surface area contributed by atoms with Crippen molar-refractivity contribution in [2.24, 2.45) is 0 Å². The zero-order valence-electron chi connectivity index (χ0n) is 10.4. The fraction of sp³-hybridized carbons (Fsp3) is 0.385. The number of hydrogen-bond acceptors (Lipinski definition) is 2. The van der Waals surface area contributed by atoms with E-state index in [-0.39, 0.29) is 0 Å². The molecule has 2 heterocycles. The molecule has 0 aliphatic heterocycles. The van der Waals surface area contributed by atoms with Crippen LogP contribution in [0.5, 0.6) is 0 Å². The molecule has 3 nitrogen and oxygen atoms in total. The number of hydrogen-bond donors (Lipinski definition) is 0. The monoisotopic (exact) mass is 293 g/mol. The summed E-state index contributed by atoms with van der Waals surface area (Å²) in [5.41, 5.74) is 4.90. The third-order valence-electron chi connectivity index (χ3n) is 2.98. The van der Waals surface area contributed by atoms with Gasteiger partial charge in [-0.25, -0.2) is 0 Å². The van der Waals surface area contributed by atoms with Gasteiger partial charge in [0.1, 0.15) is 0 Å². The molecule has 0 fully saturated rings. The topological polar surface area (TPSA) is 30.7 Å². The van der Waals surface area contributed by atoms with Gasteiger partial charge in [0.05, 0.1) is 12.2 Å². The Morgan fingerprint density at radius 1 is 1.29 bits per heavy atom. The molecule has 0 atom stereocenters. The molecular weight excluding hydrogens is 278 g/mol. The average Bonchev–Trinajstić information content (AvgIpc) is 2.54. The molecule has 0 radical (unpaired) electrons. The number of halogens is 1. The Morgan fingerprint density at radius 2 is 2.06 bits per heavy atom. The van der Waals surface area contributed by atoms with Crippen LogP contribution in [0.4, 0.5) is 0 Å². The molecule has 2 rings (SSSR count). The second kappa shape index (κ2) is 5.00. The number of aryl methyl sites for hydroxylation is 1. The van der Waals surface area contributed by atoms with Crippen LogP contribution < -0.4 is 0 Å². The van der Waals surface area contributed by atoms with Crippen molar-refractivity contribution in [1.29, 1.82) is 0 Å². The van der Waals surface area contributed by atoms with Gasteiger partial charge in [0.25, 0.3) is 0 Å². The van der Waals surface area contributed by atoms with E-state index in [1.54, 1.807) is 6.20 Å². The highest BCUT2D eigenvalue weighted by atomic mass is 79.9. The van der Waals surface area contributed by atoms with E-state index in [9.17, 15) is 0 Å². The first kappa shape index (κ1) is 12.3. The van der Waals surface area contributed by atoms with Crippen LogP contribution in [0.2, 0.25) is 0 Å². The van der Waals surface area contributed by atoms with Gasteiger partial charge < -0.3 is 0 Å². The van der Waals surface area contributed by atoms with Crippen LogP contribution in [0.1, 0.15) is 29.4 Å². The van der Waals surface area contributed by atoms with E-state index >= 15 is 0 Å². The van der Waals surface area contributed by atoms with Gasteiger partial charge in [0.2, 0.25) is 0 Å². The van der Waals surface area contributed by atoms with Crippen molar-refractivity contribution in [3.63, 3.8) is 0 Å². The van der Waals surface area contributed by atoms with Gasteiger partial charge in [-0.3, -0.25) is 9.67 Å². The summed E-state index contributed by atoms with van der Waals surface area (Å²) < 4.78 is 3.06. The van der Waals surface area contributed by atoms with Gasteiger partial charge in [-0.2, -0.15) is 5.10 Å². The Morgan fingerprint density at radius 3 is 2.65 bits per heavy atom. The fourth-order valence-corrected chi connectivity index (χ4v) is 2.53. The molecule has 0 aliphatic rings. The van der Waals surface area contributed by atoms with E-state index in [1.807, 2.05) is 6.20 Å². The van der Waals surface area contributed by atoms with Gasteiger partial charge in [-0.1, -0.05) is 6.92 Å². The summed E-state index contributed by atoms with van der Waals surface area (Å²) in [4.78, 5) is 4.17. The predicted octanol–water partition coefficient (Wildman–Crippen LogP) is 3.27. The van der Waals surface area contributed by atoms with Crippen LogP contribution in [-0.2, 0) is 13.0 Å². The summed E-state index contributed by atoms with van der Waals surface area (Å²) >= 11 is 3.44. The van der Waals surface area contributed by atoms with Gasteiger partial charge in [-0.05, 0) is 53.4 Å². The van der Waals surface area contributed by atoms with E-state index in [4.69, 9.17) is 0 Å². The summed E-state index contributed by atoms with van der Waals surface area (Å²) in [6.07, 6.45) is 4.71. The van der Waals surface area contributed by atoms with Crippen LogP contribution >= 0.6 is 15.9 Å². The van der Waals surface area contributed by atoms with Crippen molar-refractivity contribution in [3.05, 3.63) is 45.4 Å². The predicted molar refractivity (Wildman–Crippen MR) is 72.1 cm³/mol. The van der Waals surface area contributed by atoms with Crippen molar-refractivity contribution >= 4 is 15.9 Å². The van der Waals surface area contributed by atoms with E-state index in [0.29, 0.717) is 0 Å². The minimum atomic E-state index is 0.777. The molecule has 90 valence electrons. The molecule has 0 spiro atoms. The largest absolute Gasteiger partial charge is 0.265 e. The molecule has 0 aliphatic carbocycles. The molecule has 2 aromatic rings. The maximum Gasteiger partial charge on any atom is 0.0678 e. The highest BCUT2D eigenvalue weighted by Gasteiger charge is 2.09. The summed E-state index contributed by atoms with van der Waals surface area (Å²) in [6.45, 7) is 7.15. The van der Waals surface area contributed by atoms with Crippen molar-refractivity contribution < 1.29 is 0 Å². The third-order valence-corrected chi connectivity index (χ3v) is 3.41. The first-order valence-electron chi connectivity index (χ1n) is 5.74. The molecule has 4 heteroatoms. The summed E-state index contributed by atoms with van der Waals surface area (Å²) in [7, 11) is 0. The molecule has 0 saturated carbocycles. The summed E-state index contributed by atoms with van der Waals surface area (Å²) in [5.74, 6) is 0. The van der Waals surface area contributed by atoms with Crippen molar-refractivity contribution in [1.82, 2.24) is 14.8 Å². The number of pyridine rings is 1. The maximum atomic E-state index is 4.58. The molecule has 0 N–H and O–H groups in total. The van der Waals surface area contributed by atoms with Gasteiger partial charge in [0, 0.05) is 22.6 Å². The molecule has 0 saturated heterocycles. The maximum absolute atomic E-state index is 4.58. The summed E-state index contributed by atoms with van der Waals surface area (Å²) in [6, 6.07) is 2.08. The molecule has 0 unspecified atom stereocenters. The van der Waals surface area contributed by atoms with Crippen molar-refractivity contribution in [2.45, 2.75) is 33.7 Å². The zero-order valence-corrected chi connectivity index (χ0v) is 12.0. The minimum absolute atomic E-state index is 0.777. The van der Waals surface area contributed by atoms with Crippen LogP contribution in [0, 0.1) is 13.8 Å². The lowest BCUT2D eigenvalue weighted by molar-refractivity contribution is 0.656. The Balaban J connectivity index is 2.30. The van der Waals surface area contributed by atoms with E-state index in [2.05, 4.69) is 57.5 Å². The number of rotatable bonds is 3. The van der Waals surface area contributed by atoms with Gasteiger partial charge >= 0.3 is 0 Å². The average molecular weight is 294 g/mol. The van der Waals surface area contributed by atoms with Gasteiger partial charge in [-0.15, -0.1) is 0 Å².